The predicted molar refractivity (Wildman–Crippen MR) is 67.0 cm³/mol. The van der Waals surface area contributed by atoms with Gasteiger partial charge >= 0.3 is 0 Å². The Bertz CT molecular complexity index is 372. The third kappa shape index (κ3) is 3.01. The van der Waals surface area contributed by atoms with Gasteiger partial charge in [0.15, 0.2) is 0 Å². The summed E-state index contributed by atoms with van der Waals surface area (Å²) >= 11 is 0. The monoisotopic (exact) mass is 202 g/mol. The second-order valence-corrected chi connectivity index (χ2v) is 3.29. The van der Waals surface area contributed by atoms with Crippen LogP contribution in [0.5, 0.6) is 0 Å². The van der Waals surface area contributed by atoms with E-state index in [0.717, 1.165) is 18.1 Å². The maximum atomic E-state index is 4.36. The number of benzene rings is 1. The number of nitrogens with zero attached hydrogens (tertiary/aromatic N) is 2. The molecule has 2 nitrogen and oxygen atoms in total. The van der Waals surface area contributed by atoms with Gasteiger partial charge in [0.05, 0.1) is 12.3 Å². The SMILES string of the molecule is CC.CC1=NCC(c2ccc(C)cc2)=N1. The van der Waals surface area contributed by atoms with Gasteiger partial charge in [-0.3, -0.25) is 4.99 Å². The molecule has 1 heterocycles. The van der Waals surface area contributed by atoms with Crippen molar-refractivity contribution in [3.63, 3.8) is 0 Å². The normalized spacial score (nSPS) is 13.9. The lowest BCUT2D eigenvalue weighted by Gasteiger charge is -1.99. The lowest BCUT2D eigenvalue weighted by Crippen LogP contribution is -2.01. The fourth-order valence-corrected chi connectivity index (χ4v) is 1.36. The van der Waals surface area contributed by atoms with Crippen LogP contribution in [0.4, 0.5) is 0 Å². The highest BCUT2D eigenvalue weighted by Gasteiger charge is 2.07. The number of amidine groups is 1. The minimum absolute atomic E-state index is 0.731. The Morgan fingerprint density at radius 1 is 1.00 bits per heavy atom. The summed E-state index contributed by atoms with van der Waals surface area (Å²) < 4.78 is 0. The third-order valence-corrected chi connectivity index (χ3v) is 2.14. The van der Waals surface area contributed by atoms with Crippen molar-refractivity contribution in [3.05, 3.63) is 35.4 Å². The highest BCUT2D eigenvalue weighted by Crippen LogP contribution is 2.08. The van der Waals surface area contributed by atoms with Crippen molar-refractivity contribution in [1.82, 2.24) is 0 Å². The molecule has 0 aliphatic carbocycles. The zero-order valence-electron chi connectivity index (χ0n) is 9.91. The van der Waals surface area contributed by atoms with Gasteiger partial charge in [-0.15, -0.1) is 0 Å². The number of aliphatic imine (C=N–C) groups is 2. The van der Waals surface area contributed by atoms with Crippen molar-refractivity contribution in [3.8, 4) is 0 Å². The van der Waals surface area contributed by atoms with Gasteiger partial charge in [-0.25, -0.2) is 4.99 Å². The van der Waals surface area contributed by atoms with Crippen LogP contribution in [0.3, 0.4) is 0 Å². The molecule has 0 bridgehead atoms. The number of aryl methyl sites for hydroxylation is 1. The zero-order chi connectivity index (χ0) is 11.3. The number of hydrogen-bond acceptors (Lipinski definition) is 2. The summed E-state index contributed by atoms with van der Waals surface area (Å²) in [5.41, 5.74) is 3.55. The second-order valence-electron chi connectivity index (χ2n) is 3.29. The van der Waals surface area contributed by atoms with E-state index in [2.05, 4.69) is 41.2 Å². The molecule has 0 N–H and O–H groups in total. The van der Waals surface area contributed by atoms with Gasteiger partial charge in [0.25, 0.3) is 0 Å². The van der Waals surface area contributed by atoms with E-state index in [4.69, 9.17) is 0 Å². The predicted octanol–water partition coefficient (Wildman–Crippen LogP) is 3.24. The molecule has 15 heavy (non-hydrogen) atoms. The van der Waals surface area contributed by atoms with Crippen LogP contribution in [0.15, 0.2) is 34.3 Å². The number of rotatable bonds is 1. The van der Waals surface area contributed by atoms with Gasteiger partial charge in [0.1, 0.15) is 5.84 Å². The van der Waals surface area contributed by atoms with Gasteiger partial charge in [-0.2, -0.15) is 0 Å². The molecule has 80 valence electrons. The molecule has 1 aromatic carbocycles. The summed E-state index contributed by atoms with van der Waals surface area (Å²) in [6, 6.07) is 8.40. The van der Waals surface area contributed by atoms with Crippen LogP contribution in [-0.2, 0) is 0 Å². The minimum Gasteiger partial charge on any atom is -0.264 e. The van der Waals surface area contributed by atoms with Crippen LogP contribution in [0.2, 0.25) is 0 Å². The topological polar surface area (TPSA) is 24.7 Å². The molecular formula is C13H18N2. The fraction of sp³-hybridized carbons (Fsp3) is 0.385. The lowest BCUT2D eigenvalue weighted by atomic mass is 10.1. The Labute approximate surface area is 91.8 Å². The van der Waals surface area contributed by atoms with Gasteiger partial charge < -0.3 is 0 Å². The highest BCUT2D eigenvalue weighted by atomic mass is 15.0. The van der Waals surface area contributed by atoms with Crippen molar-refractivity contribution < 1.29 is 0 Å². The Morgan fingerprint density at radius 2 is 1.60 bits per heavy atom. The molecule has 0 aromatic heterocycles. The van der Waals surface area contributed by atoms with E-state index in [1.54, 1.807) is 0 Å². The zero-order valence-corrected chi connectivity index (χ0v) is 9.91. The van der Waals surface area contributed by atoms with Crippen molar-refractivity contribution >= 4 is 11.5 Å². The van der Waals surface area contributed by atoms with E-state index in [1.807, 2.05) is 20.8 Å². The standard InChI is InChI=1S/C11H12N2.C2H6/c1-8-3-5-10(6-4-8)11-7-12-9(2)13-11;1-2/h3-6H,7H2,1-2H3;1-2H3. The first-order valence-electron chi connectivity index (χ1n) is 5.41. The second kappa shape index (κ2) is 5.44. The third-order valence-electron chi connectivity index (χ3n) is 2.14. The Balaban J connectivity index is 0.000000531. The summed E-state index contributed by atoms with van der Waals surface area (Å²) in [5, 5.41) is 0. The number of hydrogen-bond donors (Lipinski definition) is 0. The maximum Gasteiger partial charge on any atom is 0.120 e. The molecule has 0 unspecified atom stereocenters. The smallest absolute Gasteiger partial charge is 0.120 e. The van der Waals surface area contributed by atoms with Crippen LogP contribution in [0, 0.1) is 6.92 Å². The van der Waals surface area contributed by atoms with Crippen molar-refractivity contribution in [1.29, 1.82) is 0 Å². The quantitative estimate of drug-likeness (QED) is 0.668. The maximum absolute atomic E-state index is 4.36. The molecule has 2 rings (SSSR count). The van der Waals surface area contributed by atoms with Crippen LogP contribution in [-0.4, -0.2) is 18.1 Å². The van der Waals surface area contributed by atoms with Crippen molar-refractivity contribution in [2.45, 2.75) is 27.7 Å². The van der Waals surface area contributed by atoms with Crippen molar-refractivity contribution in [2.75, 3.05) is 6.54 Å². The van der Waals surface area contributed by atoms with Gasteiger partial charge in [0.2, 0.25) is 0 Å². The molecule has 1 aliphatic rings. The van der Waals surface area contributed by atoms with Crippen LogP contribution in [0.25, 0.3) is 0 Å². The van der Waals surface area contributed by atoms with E-state index in [0.29, 0.717) is 0 Å². The Morgan fingerprint density at radius 3 is 2.07 bits per heavy atom. The average Bonchev–Trinajstić information content (AvgIpc) is 2.69. The van der Waals surface area contributed by atoms with Gasteiger partial charge in [-0.05, 0) is 19.4 Å². The largest absolute Gasteiger partial charge is 0.264 e. The average molecular weight is 202 g/mol. The van der Waals surface area contributed by atoms with Crippen LogP contribution >= 0.6 is 0 Å². The molecule has 0 radical (unpaired) electrons. The highest BCUT2D eigenvalue weighted by molar-refractivity contribution is 6.11. The molecule has 0 spiro atoms. The molecule has 0 amide bonds. The van der Waals surface area contributed by atoms with Gasteiger partial charge in [0, 0.05) is 0 Å². The van der Waals surface area contributed by atoms with Crippen LogP contribution in [0.1, 0.15) is 31.9 Å². The summed E-state index contributed by atoms with van der Waals surface area (Å²) in [6.45, 7) is 8.75. The summed E-state index contributed by atoms with van der Waals surface area (Å²) in [7, 11) is 0. The van der Waals surface area contributed by atoms with Gasteiger partial charge in [-0.1, -0.05) is 43.7 Å². The summed E-state index contributed by atoms with van der Waals surface area (Å²) in [5.74, 6) is 0.885. The Hall–Kier alpha value is -1.44. The molecule has 0 saturated carbocycles. The first-order chi connectivity index (χ1) is 7.25. The molecule has 0 fully saturated rings. The van der Waals surface area contributed by atoms with E-state index in [9.17, 15) is 0 Å². The molecule has 0 atom stereocenters. The van der Waals surface area contributed by atoms with E-state index < -0.39 is 0 Å². The van der Waals surface area contributed by atoms with E-state index in [-0.39, 0.29) is 0 Å². The molecular weight excluding hydrogens is 184 g/mol. The minimum atomic E-state index is 0.731. The first-order valence-corrected chi connectivity index (χ1v) is 5.41. The van der Waals surface area contributed by atoms with Crippen LogP contribution < -0.4 is 0 Å². The molecule has 0 saturated heterocycles. The van der Waals surface area contributed by atoms with E-state index in [1.165, 1.54) is 11.1 Å². The van der Waals surface area contributed by atoms with E-state index >= 15 is 0 Å². The molecule has 1 aromatic rings. The fourth-order valence-electron chi connectivity index (χ4n) is 1.36. The molecule has 2 heteroatoms. The Kier molecular flexibility index (Phi) is 4.22. The lowest BCUT2D eigenvalue weighted by molar-refractivity contribution is 1.32. The summed E-state index contributed by atoms with van der Waals surface area (Å²) in [4.78, 5) is 8.58. The summed E-state index contributed by atoms with van der Waals surface area (Å²) in [6.07, 6.45) is 0. The molecule has 1 aliphatic heterocycles. The van der Waals surface area contributed by atoms with Crippen molar-refractivity contribution in [2.24, 2.45) is 9.98 Å². The first kappa shape index (κ1) is 11.6.